The predicted molar refractivity (Wildman–Crippen MR) is 98.6 cm³/mol. The van der Waals surface area contributed by atoms with Gasteiger partial charge in [-0.1, -0.05) is 12.1 Å². The highest BCUT2D eigenvalue weighted by molar-refractivity contribution is 5.88. The van der Waals surface area contributed by atoms with Crippen molar-refractivity contribution >= 4 is 18.1 Å². The third-order valence-corrected chi connectivity index (χ3v) is 3.84. The molecule has 1 amide bonds. The molecule has 2 aromatic carbocycles. The Bertz CT molecular complexity index is 976. The first-order chi connectivity index (χ1) is 13.0. The normalized spacial score (nSPS) is 10.9. The van der Waals surface area contributed by atoms with Crippen LogP contribution in [0.3, 0.4) is 0 Å². The maximum atomic E-state index is 12.9. The first-order valence-electron chi connectivity index (χ1n) is 8.10. The summed E-state index contributed by atoms with van der Waals surface area (Å²) in [5.74, 6) is -1.66. The second-order valence-corrected chi connectivity index (χ2v) is 5.75. The van der Waals surface area contributed by atoms with Crippen LogP contribution in [0.4, 0.5) is 4.39 Å². The summed E-state index contributed by atoms with van der Waals surface area (Å²) in [5.41, 5.74) is 4.80. The molecular formula is C20H16FN3O3. The zero-order valence-electron chi connectivity index (χ0n) is 14.2. The number of nitrogens with one attached hydrogen (secondary N) is 1. The molecule has 0 spiro atoms. The molecule has 0 aliphatic carbocycles. The Labute approximate surface area is 154 Å². The number of nitrogens with zero attached hydrogens (tertiary/aromatic N) is 2. The maximum Gasteiger partial charge on any atom is 0.335 e. The summed E-state index contributed by atoms with van der Waals surface area (Å²) in [4.78, 5) is 22.8. The van der Waals surface area contributed by atoms with Crippen LogP contribution in [0.2, 0.25) is 0 Å². The van der Waals surface area contributed by atoms with E-state index >= 15 is 0 Å². The van der Waals surface area contributed by atoms with Gasteiger partial charge in [-0.15, -0.1) is 0 Å². The lowest BCUT2D eigenvalue weighted by Gasteiger charge is -2.06. The molecule has 136 valence electrons. The Balaban J connectivity index is 1.64. The van der Waals surface area contributed by atoms with Crippen molar-refractivity contribution in [3.63, 3.8) is 0 Å². The molecular weight excluding hydrogens is 349 g/mol. The number of carbonyl (C=O) groups excluding carboxylic acids is 1. The van der Waals surface area contributed by atoms with Crippen molar-refractivity contribution in [2.45, 2.75) is 6.42 Å². The molecule has 0 bridgehead atoms. The van der Waals surface area contributed by atoms with Gasteiger partial charge in [0.1, 0.15) is 5.82 Å². The number of benzene rings is 2. The average molecular weight is 365 g/mol. The van der Waals surface area contributed by atoms with E-state index in [9.17, 15) is 14.0 Å². The molecule has 0 saturated heterocycles. The van der Waals surface area contributed by atoms with E-state index in [0.717, 1.165) is 5.69 Å². The Morgan fingerprint density at radius 1 is 1.07 bits per heavy atom. The fraction of sp³-hybridized carbons (Fsp3) is 0.0500. The van der Waals surface area contributed by atoms with Gasteiger partial charge in [-0.25, -0.2) is 14.6 Å². The highest BCUT2D eigenvalue weighted by Gasteiger charge is 2.06. The lowest BCUT2D eigenvalue weighted by atomic mass is 10.1. The smallest absolute Gasteiger partial charge is 0.335 e. The van der Waals surface area contributed by atoms with Crippen LogP contribution < -0.4 is 5.43 Å². The molecule has 0 fully saturated rings. The summed E-state index contributed by atoms with van der Waals surface area (Å²) in [6, 6.07) is 15.7. The topological polar surface area (TPSA) is 83.7 Å². The van der Waals surface area contributed by atoms with Gasteiger partial charge < -0.3 is 9.67 Å². The lowest BCUT2D eigenvalue weighted by Crippen LogP contribution is -2.20. The number of carboxylic acid groups (broad SMARTS) is 1. The van der Waals surface area contributed by atoms with Crippen molar-refractivity contribution in [1.82, 2.24) is 9.99 Å². The number of amides is 1. The molecule has 0 saturated carbocycles. The number of hydrazone groups is 1. The summed E-state index contributed by atoms with van der Waals surface area (Å²) >= 11 is 0. The number of hydrogen-bond acceptors (Lipinski definition) is 3. The molecule has 3 aromatic rings. The second kappa shape index (κ2) is 8.09. The molecule has 2 N–H and O–H groups in total. The van der Waals surface area contributed by atoms with Crippen LogP contribution in [0.5, 0.6) is 0 Å². The molecule has 3 rings (SSSR count). The van der Waals surface area contributed by atoms with E-state index in [-0.39, 0.29) is 23.7 Å². The Hall–Kier alpha value is -3.74. The van der Waals surface area contributed by atoms with Gasteiger partial charge in [-0.05, 0) is 54.1 Å². The van der Waals surface area contributed by atoms with Crippen molar-refractivity contribution in [1.29, 1.82) is 0 Å². The highest BCUT2D eigenvalue weighted by atomic mass is 19.1. The molecule has 0 unspecified atom stereocenters. The van der Waals surface area contributed by atoms with Gasteiger partial charge in [0.05, 0.1) is 23.9 Å². The molecule has 27 heavy (non-hydrogen) atoms. The number of rotatable bonds is 6. The van der Waals surface area contributed by atoms with E-state index in [1.165, 1.54) is 30.5 Å². The summed E-state index contributed by atoms with van der Waals surface area (Å²) in [7, 11) is 0. The standard InChI is InChI=1S/C20H16FN3O3/c21-16-7-3-14(4-8-16)12-19(25)23-22-13-18-2-1-11-24(18)17-9-5-15(6-10-17)20(26)27/h1-11,13H,12H2,(H,23,25)(H,26,27)/b22-13+. The van der Waals surface area contributed by atoms with Crippen molar-refractivity contribution in [2.75, 3.05) is 0 Å². The predicted octanol–water partition coefficient (Wildman–Crippen LogP) is 3.01. The first-order valence-corrected chi connectivity index (χ1v) is 8.10. The molecule has 7 heteroatoms. The van der Waals surface area contributed by atoms with Crippen molar-refractivity contribution in [2.24, 2.45) is 5.10 Å². The number of hydrogen-bond donors (Lipinski definition) is 2. The summed E-state index contributed by atoms with van der Waals surface area (Å²) in [5, 5.41) is 12.9. The van der Waals surface area contributed by atoms with Crippen LogP contribution in [0.1, 0.15) is 21.6 Å². The van der Waals surface area contributed by atoms with Gasteiger partial charge in [-0.3, -0.25) is 4.79 Å². The minimum absolute atomic E-state index is 0.0925. The van der Waals surface area contributed by atoms with Crippen LogP contribution in [0, 0.1) is 5.82 Å². The molecule has 1 aromatic heterocycles. The zero-order valence-corrected chi connectivity index (χ0v) is 14.2. The quantitative estimate of drug-likeness (QED) is 0.520. The van der Waals surface area contributed by atoms with E-state index < -0.39 is 5.97 Å². The average Bonchev–Trinajstić information content (AvgIpc) is 3.12. The minimum Gasteiger partial charge on any atom is -0.478 e. The van der Waals surface area contributed by atoms with Gasteiger partial charge in [-0.2, -0.15) is 5.10 Å². The highest BCUT2D eigenvalue weighted by Crippen LogP contribution is 2.13. The molecule has 6 nitrogen and oxygen atoms in total. The van der Waals surface area contributed by atoms with Gasteiger partial charge in [0.25, 0.3) is 0 Å². The van der Waals surface area contributed by atoms with E-state index in [1.807, 2.05) is 6.07 Å². The van der Waals surface area contributed by atoms with Crippen LogP contribution in [0.25, 0.3) is 5.69 Å². The van der Waals surface area contributed by atoms with Gasteiger partial charge in [0.15, 0.2) is 0 Å². The van der Waals surface area contributed by atoms with Crippen LogP contribution in [0.15, 0.2) is 72.0 Å². The molecule has 1 heterocycles. The fourth-order valence-corrected chi connectivity index (χ4v) is 2.50. The summed E-state index contributed by atoms with van der Waals surface area (Å²) in [6.45, 7) is 0. The largest absolute Gasteiger partial charge is 0.478 e. The zero-order chi connectivity index (χ0) is 19.2. The van der Waals surface area contributed by atoms with E-state index in [1.54, 1.807) is 41.1 Å². The fourth-order valence-electron chi connectivity index (χ4n) is 2.50. The van der Waals surface area contributed by atoms with E-state index in [4.69, 9.17) is 5.11 Å². The van der Waals surface area contributed by atoms with Crippen LogP contribution >= 0.6 is 0 Å². The monoisotopic (exact) mass is 365 g/mol. The number of carbonyl (C=O) groups is 2. The van der Waals surface area contributed by atoms with Gasteiger partial charge in [0.2, 0.25) is 5.91 Å². The number of aromatic nitrogens is 1. The van der Waals surface area contributed by atoms with E-state index in [2.05, 4.69) is 10.5 Å². The second-order valence-electron chi connectivity index (χ2n) is 5.75. The summed E-state index contributed by atoms with van der Waals surface area (Å²) in [6.07, 6.45) is 3.39. The third-order valence-electron chi connectivity index (χ3n) is 3.84. The van der Waals surface area contributed by atoms with Crippen LogP contribution in [-0.2, 0) is 11.2 Å². The van der Waals surface area contributed by atoms with Crippen molar-refractivity contribution < 1.29 is 19.1 Å². The third kappa shape index (κ3) is 4.66. The molecule has 0 atom stereocenters. The maximum absolute atomic E-state index is 12.9. The minimum atomic E-state index is -0.986. The van der Waals surface area contributed by atoms with Crippen molar-refractivity contribution in [3.8, 4) is 5.69 Å². The van der Waals surface area contributed by atoms with Gasteiger partial charge >= 0.3 is 5.97 Å². The Morgan fingerprint density at radius 3 is 2.44 bits per heavy atom. The number of aromatic carboxylic acids is 1. The molecule has 0 radical (unpaired) electrons. The Kier molecular flexibility index (Phi) is 5.41. The van der Waals surface area contributed by atoms with E-state index in [0.29, 0.717) is 11.3 Å². The first kappa shape index (κ1) is 18.1. The molecule has 0 aliphatic rings. The SMILES string of the molecule is O=C(Cc1ccc(F)cc1)N/N=C/c1cccn1-c1ccc(C(=O)O)cc1. The Morgan fingerprint density at radius 2 is 1.78 bits per heavy atom. The van der Waals surface area contributed by atoms with Crippen molar-refractivity contribution in [3.05, 3.63) is 89.5 Å². The summed E-state index contributed by atoms with van der Waals surface area (Å²) < 4.78 is 14.7. The van der Waals surface area contributed by atoms with Crippen LogP contribution in [-0.4, -0.2) is 27.8 Å². The lowest BCUT2D eigenvalue weighted by molar-refractivity contribution is -0.120. The number of carboxylic acids is 1. The van der Waals surface area contributed by atoms with Gasteiger partial charge in [0, 0.05) is 11.9 Å². The number of halogens is 1. The molecule has 0 aliphatic heterocycles.